The normalized spacial score (nSPS) is 11.3. The van der Waals surface area contributed by atoms with E-state index >= 15 is 0 Å². The Hall–Kier alpha value is -2.96. The molecule has 5 nitrogen and oxygen atoms in total. The summed E-state index contributed by atoms with van der Waals surface area (Å²) in [5.41, 5.74) is 2.04. The van der Waals surface area contributed by atoms with Crippen LogP contribution in [0.1, 0.15) is 5.56 Å². The predicted octanol–water partition coefficient (Wildman–Crippen LogP) is 4.59. The summed E-state index contributed by atoms with van der Waals surface area (Å²) in [7, 11) is 1.57. The highest BCUT2D eigenvalue weighted by Crippen LogP contribution is 2.32. The molecule has 0 atom stereocenters. The topological polar surface area (TPSA) is 70.5 Å². The molecule has 1 amide bonds. The van der Waals surface area contributed by atoms with Crippen molar-refractivity contribution in [2.45, 2.75) is 0 Å². The van der Waals surface area contributed by atoms with Crippen LogP contribution < -0.4 is 4.90 Å². The molecule has 0 fully saturated rings. The van der Waals surface area contributed by atoms with Gasteiger partial charge in [0, 0.05) is 29.1 Å². The van der Waals surface area contributed by atoms with Gasteiger partial charge in [0.15, 0.2) is 5.13 Å². The number of amides is 1. The van der Waals surface area contributed by atoms with E-state index in [1.165, 1.54) is 16.2 Å². The molecule has 0 aliphatic heterocycles. The first-order valence-corrected chi connectivity index (χ1v) is 9.21. The van der Waals surface area contributed by atoms with Gasteiger partial charge in [-0.2, -0.15) is 0 Å². The Labute approximate surface area is 165 Å². The maximum absolute atomic E-state index is 12.9. The summed E-state index contributed by atoms with van der Waals surface area (Å²) >= 11 is 7.49. The number of carbonyl (C=O) groups excluding carboxylic acids is 1. The quantitative estimate of drug-likeness (QED) is 0.638. The summed E-state index contributed by atoms with van der Waals surface area (Å²) in [4.78, 5) is 29.9. The van der Waals surface area contributed by atoms with Crippen LogP contribution in [0.3, 0.4) is 0 Å². The average molecular weight is 399 g/mol. The van der Waals surface area contributed by atoms with Crippen LogP contribution in [0.5, 0.6) is 0 Å². The summed E-state index contributed by atoms with van der Waals surface area (Å²) in [6, 6.07) is 16.0. The SMILES string of the molecule is CN(C(=O)C(=CC(=O)O)c1ccccc1)c1nc(-c2ccccc2Cl)cs1. The molecule has 0 spiro atoms. The van der Waals surface area contributed by atoms with Crippen molar-refractivity contribution in [2.24, 2.45) is 0 Å². The summed E-state index contributed by atoms with van der Waals surface area (Å²) in [6.45, 7) is 0. The molecule has 2 aromatic carbocycles. The van der Waals surface area contributed by atoms with E-state index in [1.807, 2.05) is 23.6 Å². The minimum absolute atomic E-state index is 0.0834. The van der Waals surface area contributed by atoms with Crippen LogP contribution in [0.2, 0.25) is 5.02 Å². The number of aliphatic carboxylic acids is 1. The number of anilines is 1. The van der Waals surface area contributed by atoms with Crippen molar-refractivity contribution in [3.63, 3.8) is 0 Å². The Kier molecular flexibility index (Phi) is 5.69. The Morgan fingerprint density at radius 2 is 1.78 bits per heavy atom. The monoisotopic (exact) mass is 398 g/mol. The molecular formula is C20H15ClN2O3S. The Bertz CT molecular complexity index is 1010. The van der Waals surface area contributed by atoms with Crippen LogP contribution in [-0.4, -0.2) is 29.0 Å². The number of carboxylic acids is 1. The summed E-state index contributed by atoms with van der Waals surface area (Å²) in [5, 5.41) is 12.0. The summed E-state index contributed by atoms with van der Waals surface area (Å²) in [5.74, 6) is -1.64. The third-order valence-corrected chi connectivity index (χ3v) is 5.06. The molecule has 136 valence electrons. The van der Waals surface area contributed by atoms with Crippen molar-refractivity contribution in [3.05, 3.63) is 76.6 Å². The first-order valence-electron chi connectivity index (χ1n) is 7.96. The average Bonchev–Trinajstić information content (AvgIpc) is 3.16. The lowest BCUT2D eigenvalue weighted by molar-refractivity contribution is -0.131. The van der Waals surface area contributed by atoms with Gasteiger partial charge in [-0.25, -0.2) is 9.78 Å². The zero-order valence-corrected chi connectivity index (χ0v) is 15.9. The number of hydrogen-bond acceptors (Lipinski definition) is 4. The molecule has 3 rings (SSSR count). The largest absolute Gasteiger partial charge is 0.478 e. The van der Waals surface area contributed by atoms with E-state index in [2.05, 4.69) is 4.98 Å². The molecule has 7 heteroatoms. The zero-order chi connectivity index (χ0) is 19.4. The molecule has 1 N–H and O–H groups in total. The predicted molar refractivity (Wildman–Crippen MR) is 108 cm³/mol. The molecule has 0 saturated heterocycles. The van der Waals surface area contributed by atoms with E-state index in [-0.39, 0.29) is 5.57 Å². The molecular weight excluding hydrogens is 384 g/mol. The highest BCUT2D eigenvalue weighted by atomic mass is 35.5. The number of rotatable bonds is 5. The lowest BCUT2D eigenvalue weighted by Gasteiger charge is -2.16. The van der Waals surface area contributed by atoms with Crippen LogP contribution in [0.15, 0.2) is 66.1 Å². The van der Waals surface area contributed by atoms with E-state index in [0.29, 0.717) is 21.4 Å². The smallest absolute Gasteiger partial charge is 0.329 e. The van der Waals surface area contributed by atoms with Crippen molar-refractivity contribution in [2.75, 3.05) is 11.9 Å². The minimum atomic E-state index is -1.19. The Morgan fingerprint density at radius 1 is 1.11 bits per heavy atom. The van der Waals surface area contributed by atoms with Gasteiger partial charge in [-0.05, 0) is 11.6 Å². The number of carboxylic acid groups (broad SMARTS) is 1. The molecule has 0 aliphatic carbocycles. The third-order valence-electron chi connectivity index (χ3n) is 3.82. The Morgan fingerprint density at radius 3 is 2.44 bits per heavy atom. The molecule has 0 unspecified atom stereocenters. The number of hydrogen-bond donors (Lipinski definition) is 1. The fraction of sp³-hybridized carbons (Fsp3) is 0.0500. The molecule has 1 aromatic heterocycles. The molecule has 1 heterocycles. The summed E-state index contributed by atoms with van der Waals surface area (Å²) < 4.78 is 0. The second-order valence-electron chi connectivity index (χ2n) is 5.62. The lowest BCUT2D eigenvalue weighted by Crippen LogP contribution is -2.27. The fourth-order valence-electron chi connectivity index (χ4n) is 2.49. The van der Waals surface area contributed by atoms with Crippen molar-refractivity contribution in [1.29, 1.82) is 0 Å². The van der Waals surface area contributed by atoms with Crippen LogP contribution in [0.4, 0.5) is 5.13 Å². The van der Waals surface area contributed by atoms with Gasteiger partial charge >= 0.3 is 5.97 Å². The third kappa shape index (κ3) is 4.24. The van der Waals surface area contributed by atoms with Gasteiger partial charge in [-0.1, -0.05) is 60.1 Å². The van der Waals surface area contributed by atoms with Gasteiger partial charge in [0.25, 0.3) is 5.91 Å². The zero-order valence-electron chi connectivity index (χ0n) is 14.3. The fourth-order valence-corrected chi connectivity index (χ4v) is 3.51. The lowest BCUT2D eigenvalue weighted by atomic mass is 10.0. The van der Waals surface area contributed by atoms with Gasteiger partial charge in [0.1, 0.15) is 0 Å². The van der Waals surface area contributed by atoms with Crippen molar-refractivity contribution >= 4 is 45.5 Å². The number of thiazole rings is 1. The second kappa shape index (κ2) is 8.16. The standard InChI is InChI=1S/C20H15ClN2O3S/c1-23(19(26)15(11-18(24)25)13-7-3-2-4-8-13)20-22-17(12-27-20)14-9-5-6-10-16(14)21/h2-12H,1H3,(H,24,25). The Balaban J connectivity index is 1.93. The van der Waals surface area contributed by atoms with E-state index in [4.69, 9.17) is 16.7 Å². The number of benzene rings is 2. The van der Waals surface area contributed by atoms with Gasteiger partial charge in [-0.3, -0.25) is 9.69 Å². The molecule has 0 saturated carbocycles. The van der Waals surface area contributed by atoms with E-state index in [9.17, 15) is 9.59 Å². The van der Waals surface area contributed by atoms with E-state index in [1.54, 1.807) is 43.4 Å². The molecule has 3 aromatic rings. The van der Waals surface area contributed by atoms with Gasteiger partial charge in [-0.15, -0.1) is 11.3 Å². The van der Waals surface area contributed by atoms with Crippen LogP contribution in [0, 0.1) is 0 Å². The van der Waals surface area contributed by atoms with E-state index in [0.717, 1.165) is 11.6 Å². The minimum Gasteiger partial charge on any atom is -0.478 e. The first kappa shape index (κ1) is 18.8. The number of aromatic nitrogens is 1. The van der Waals surface area contributed by atoms with Crippen molar-refractivity contribution in [3.8, 4) is 11.3 Å². The van der Waals surface area contributed by atoms with Gasteiger partial charge < -0.3 is 5.11 Å². The second-order valence-corrected chi connectivity index (χ2v) is 6.87. The van der Waals surface area contributed by atoms with Crippen molar-refractivity contribution in [1.82, 2.24) is 4.98 Å². The van der Waals surface area contributed by atoms with Crippen molar-refractivity contribution < 1.29 is 14.7 Å². The summed E-state index contributed by atoms with van der Waals surface area (Å²) in [6.07, 6.45) is 0.913. The molecule has 0 bridgehead atoms. The van der Waals surface area contributed by atoms with Gasteiger partial charge in [0.2, 0.25) is 0 Å². The highest BCUT2D eigenvalue weighted by Gasteiger charge is 2.21. The molecule has 27 heavy (non-hydrogen) atoms. The molecule has 0 aliphatic rings. The molecule has 0 radical (unpaired) electrons. The maximum atomic E-state index is 12.9. The number of nitrogens with zero attached hydrogens (tertiary/aromatic N) is 2. The van der Waals surface area contributed by atoms with Crippen LogP contribution in [-0.2, 0) is 9.59 Å². The van der Waals surface area contributed by atoms with Crippen LogP contribution in [0.25, 0.3) is 16.8 Å². The number of halogens is 1. The number of likely N-dealkylation sites (N-methyl/N-ethyl adjacent to an activating group) is 1. The maximum Gasteiger partial charge on any atom is 0.329 e. The van der Waals surface area contributed by atoms with E-state index < -0.39 is 11.9 Å². The van der Waals surface area contributed by atoms with Gasteiger partial charge in [0.05, 0.1) is 11.3 Å². The highest BCUT2D eigenvalue weighted by molar-refractivity contribution is 7.14. The number of carbonyl (C=O) groups is 2. The van der Waals surface area contributed by atoms with Crippen LogP contribution >= 0.6 is 22.9 Å². The first-order chi connectivity index (χ1) is 13.0.